The van der Waals surface area contributed by atoms with Crippen molar-refractivity contribution >= 4 is 5.97 Å². The fourth-order valence-electron chi connectivity index (χ4n) is 1.29. The minimum atomic E-state index is -0.830. The van der Waals surface area contributed by atoms with Crippen molar-refractivity contribution in [3.8, 4) is 0 Å². The van der Waals surface area contributed by atoms with E-state index in [9.17, 15) is 9.90 Å². The average molecular weight is 159 g/mol. The van der Waals surface area contributed by atoms with Crippen LogP contribution in [-0.2, 0) is 4.79 Å². The summed E-state index contributed by atoms with van der Waals surface area (Å²) in [5.74, 6) is -0.830. The molecule has 0 amide bonds. The van der Waals surface area contributed by atoms with Gasteiger partial charge in [0.2, 0.25) is 0 Å². The molecular weight excluding hydrogens is 146 g/mol. The van der Waals surface area contributed by atoms with Crippen LogP contribution < -0.4 is 5.32 Å². The lowest BCUT2D eigenvalue weighted by Crippen LogP contribution is -2.51. The SMILES string of the molecule is C[C@@H]1N[C@H](C(=O)O)CC[C@H]1O. The Kier molecular flexibility index (Phi) is 2.46. The van der Waals surface area contributed by atoms with E-state index in [2.05, 4.69) is 5.32 Å². The second kappa shape index (κ2) is 3.19. The predicted molar refractivity (Wildman–Crippen MR) is 39.3 cm³/mol. The Morgan fingerprint density at radius 3 is 2.64 bits per heavy atom. The van der Waals surface area contributed by atoms with Crippen LogP contribution in [0.2, 0.25) is 0 Å². The second-order valence-electron chi connectivity index (χ2n) is 2.99. The van der Waals surface area contributed by atoms with Crippen LogP contribution >= 0.6 is 0 Å². The molecule has 1 aliphatic rings. The molecule has 3 atom stereocenters. The molecule has 0 aromatic carbocycles. The summed E-state index contributed by atoms with van der Waals surface area (Å²) in [6.45, 7) is 1.79. The Morgan fingerprint density at radius 1 is 1.55 bits per heavy atom. The Hall–Kier alpha value is -0.610. The maximum atomic E-state index is 10.5. The zero-order valence-electron chi connectivity index (χ0n) is 6.45. The van der Waals surface area contributed by atoms with Crippen LogP contribution in [0.25, 0.3) is 0 Å². The number of aliphatic carboxylic acids is 1. The molecule has 1 fully saturated rings. The van der Waals surface area contributed by atoms with Crippen LogP contribution in [0.1, 0.15) is 19.8 Å². The molecule has 4 heteroatoms. The van der Waals surface area contributed by atoms with Gasteiger partial charge in [-0.05, 0) is 19.8 Å². The van der Waals surface area contributed by atoms with E-state index < -0.39 is 18.1 Å². The van der Waals surface area contributed by atoms with Crippen LogP contribution in [0, 0.1) is 0 Å². The Bertz CT molecular complexity index is 160. The molecular formula is C7H13NO3. The van der Waals surface area contributed by atoms with Gasteiger partial charge in [0.05, 0.1) is 6.10 Å². The zero-order valence-corrected chi connectivity index (χ0v) is 6.45. The zero-order chi connectivity index (χ0) is 8.43. The van der Waals surface area contributed by atoms with E-state index in [4.69, 9.17) is 5.11 Å². The number of aliphatic hydroxyl groups excluding tert-OH is 1. The predicted octanol–water partition coefficient (Wildman–Crippen LogP) is -0.428. The molecule has 1 saturated heterocycles. The molecule has 0 saturated carbocycles. The molecule has 0 unspecified atom stereocenters. The number of carboxylic acid groups (broad SMARTS) is 1. The maximum Gasteiger partial charge on any atom is 0.320 e. The van der Waals surface area contributed by atoms with Crippen LogP contribution in [0.3, 0.4) is 0 Å². The van der Waals surface area contributed by atoms with E-state index in [1.165, 1.54) is 0 Å². The molecule has 0 bridgehead atoms. The normalized spacial score (nSPS) is 38.5. The molecule has 3 N–H and O–H groups in total. The standard InChI is InChI=1S/C7H13NO3/c1-4-6(9)3-2-5(8-4)7(10)11/h4-6,8-9H,2-3H2,1H3,(H,10,11)/t4-,5-,6+/m0/s1. The smallest absolute Gasteiger partial charge is 0.320 e. The lowest BCUT2D eigenvalue weighted by molar-refractivity contribution is -0.141. The van der Waals surface area contributed by atoms with Gasteiger partial charge >= 0.3 is 5.97 Å². The van der Waals surface area contributed by atoms with Gasteiger partial charge in [0.25, 0.3) is 0 Å². The van der Waals surface area contributed by atoms with Crippen molar-refractivity contribution in [2.24, 2.45) is 0 Å². The van der Waals surface area contributed by atoms with Gasteiger partial charge in [0, 0.05) is 6.04 Å². The summed E-state index contributed by atoms with van der Waals surface area (Å²) in [4.78, 5) is 10.5. The van der Waals surface area contributed by atoms with Crippen molar-refractivity contribution < 1.29 is 15.0 Å². The van der Waals surface area contributed by atoms with Gasteiger partial charge in [0.1, 0.15) is 6.04 Å². The van der Waals surface area contributed by atoms with E-state index in [1.54, 1.807) is 6.92 Å². The average Bonchev–Trinajstić information content (AvgIpc) is 1.94. The summed E-state index contributed by atoms with van der Waals surface area (Å²) >= 11 is 0. The lowest BCUT2D eigenvalue weighted by Gasteiger charge is -2.30. The van der Waals surface area contributed by atoms with Gasteiger partial charge in [-0.15, -0.1) is 0 Å². The van der Waals surface area contributed by atoms with Crippen molar-refractivity contribution in [2.45, 2.75) is 38.0 Å². The topological polar surface area (TPSA) is 69.6 Å². The number of hydrogen-bond donors (Lipinski definition) is 3. The molecule has 11 heavy (non-hydrogen) atoms. The Morgan fingerprint density at radius 2 is 2.18 bits per heavy atom. The molecule has 64 valence electrons. The summed E-state index contributed by atoms with van der Waals surface area (Å²) in [6.07, 6.45) is 0.692. The third kappa shape index (κ3) is 1.91. The number of hydrogen-bond acceptors (Lipinski definition) is 3. The number of carboxylic acids is 1. The fraction of sp³-hybridized carbons (Fsp3) is 0.857. The number of carbonyl (C=O) groups is 1. The van der Waals surface area contributed by atoms with Crippen LogP contribution in [0.15, 0.2) is 0 Å². The molecule has 0 aromatic heterocycles. The van der Waals surface area contributed by atoms with Gasteiger partial charge in [-0.2, -0.15) is 0 Å². The molecule has 0 aliphatic carbocycles. The summed E-state index contributed by atoms with van der Waals surface area (Å²) in [5, 5.41) is 20.6. The van der Waals surface area contributed by atoms with E-state index in [1.807, 2.05) is 0 Å². The van der Waals surface area contributed by atoms with Crippen molar-refractivity contribution in [1.29, 1.82) is 0 Å². The molecule has 1 rings (SSSR count). The van der Waals surface area contributed by atoms with E-state index in [-0.39, 0.29) is 6.04 Å². The lowest BCUT2D eigenvalue weighted by atomic mass is 9.97. The summed E-state index contributed by atoms with van der Waals surface area (Å²) in [5.41, 5.74) is 0. The highest BCUT2D eigenvalue weighted by Crippen LogP contribution is 2.12. The highest BCUT2D eigenvalue weighted by Gasteiger charge is 2.28. The van der Waals surface area contributed by atoms with Crippen LogP contribution in [-0.4, -0.2) is 34.4 Å². The number of rotatable bonds is 1. The third-order valence-corrected chi connectivity index (χ3v) is 2.09. The largest absolute Gasteiger partial charge is 0.480 e. The summed E-state index contributed by atoms with van der Waals surface area (Å²) < 4.78 is 0. The van der Waals surface area contributed by atoms with E-state index >= 15 is 0 Å². The van der Waals surface area contributed by atoms with Crippen molar-refractivity contribution in [3.05, 3.63) is 0 Å². The van der Waals surface area contributed by atoms with Crippen molar-refractivity contribution in [3.63, 3.8) is 0 Å². The minimum absolute atomic E-state index is 0.107. The number of nitrogens with one attached hydrogen (secondary N) is 1. The third-order valence-electron chi connectivity index (χ3n) is 2.09. The quantitative estimate of drug-likeness (QED) is 0.485. The molecule has 1 heterocycles. The van der Waals surface area contributed by atoms with E-state index in [0.717, 1.165) is 0 Å². The molecule has 1 aliphatic heterocycles. The number of piperidine rings is 1. The first-order chi connectivity index (χ1) is 5.11. The van der Waals surface area contributed by atoms with Gasteiger partial charge < -0.3 is 10.2 Å². The monoisotopic (exact) mass is 159 g/mol. The Balaban J connectivity index is 2.46. The first kappa shape index (κ1) is 8.49. The number of aliphatic hydroxyl groups is 1. The van der Waals surface area contributed by atoms with Crippen LogP contribution in [0.5, 0.6) is 0 Å². The fourth-order valence-corrected chi connectivity index (χ4v) is 1.29. The van der Waals surface area contributed by atoms with Gasteiger partial charge in [0.15, 0.2) is 0 Å². The van der Waals surface area contributed by atoms with Gasteiger partial charge in [-0.1, -0.05) is 0 Å². The maximum absolute atomic E-state index is 10.5. The molecule has 0 aromatic rings. The Labute approximate surface area is 65.2 Å². The van der Waals surface area contributed by atoms with Crippen molar-refractivity contribution in [2.75, 3.05) is 0 Å². The first-order valence-electron chi connectivity index (χ1n) is 3.78. The highest BCUT2D eigenvalue weighted by atomic mass is 16.4. The molecule has 4 nitrogen and oxygen atoms in total. The summed E-state index contributed by atoms with van der Waals surface area (Å²) in [6, 6.07) is -0.585. The van der Waals surface area contributed by atoms with Crippen LogP contribution in [0.4, 0.5) is 0 Å². The molecule has 0 radical (unpaired) electrons. The van der Waals surface area contributed by atoms with Crippen molar-refractivity contribution in [1.82, 2.24) is 5.32 Å². The first-order valence-corrected chi connectivity index (χ1v) is 3.78. The highest BCUT2D eigenvalue weighted by molar-refractivity contribution is 5.73. The van der Waals surface area contributed by atoms with Gasteiger partial charge in [-0.25, -0.2) is 0 Å². The summed E-state index contributed by atoms with van der Waals surface area (Å²) in [7, 11) is 0. The van der Waals surface area contributed by atoms with E-state index in [0.29, 0.717) is 12.8 Å². The minimum Gasteiger partial charge on any atom is -0.480 e. The second-order valence-corrected chi connectivity index (χ2v) is 2.99. The molecule has 0 spiro atoms. The van der Waals surface area contributed by atoms with Gasteiger partial charge in [-0.3, -0.25) is 10.1 Å².